The first-order valence-electron chi connectivity index (χ1n) is 7.39. The molecule has 2 aliphatic rings. The fourth-order valence-electron chi connectivity index (χ4n) is 3.98. The normalized spacial score (nSPS) is 30.6. The van der Waals surface area contributed by atoms with Crippen molar-refractivity contribution in [2.45, 2.75) is 51.6 Å². The third-order valence-corrected chi connectivity index (χ3v) is 4.98. The van der Waals surface area contributed by atoms with Gasteiger partial charge in [0.05, 0.1) is 0 Å². The van der Waals surface area contributed by atoms with E-state index in [-0.39, 0.29) is 5.92 Å². The zero-order valence-corrected chi connectivity index (χ0v) is 12.1. The first-order chi connectivity index (χ1) is 9.04. The van der Waals surface area contributed by atoms with E-state index in [1.807, 2.05) is 0 Å². The van der Waals surface area contributed by atoms with Crippen LogP contribution in [0, 0.1) is 19.8 Å². The molecule has 0 amide bonds. The minimum Gasteiger partial charge on any atom is -0.300 e. The first-order valence-corrected chi connectivity index (χ1v) is 7.39. The summed E-state index contributed by atoms with van der Waals surface area (Å²) in [6.45, 7) is 4.14. The number of Topliss-reactive ketones (excluding diaryl/α,β-unsaturated/α-hetero) is 1. The van der Waals surface area contributed by atoms with Crippen LogP contribution in [-0.4, -0.2) is 29.8 Å². The van der Waals surface area contributed by atoms with Crippen molar-refractivity contribution in [2.75, 3.05) is 7.05 Å². The molecule has 2 heteroatoms. The highest BCUT2D eigenvalue weighted by Crippen LogP contribution is 2.38. The molecule has 2 heterocycles. The molecule has 2 nitrogen and oxygen atoms in total. The van der Waals surface area contributed by atoms with E-state index in [2.05, 4.69) is 44.0 Å². The van der Waals surface area contributed by atoms with Crippen LogP contribution in [0.5, 0.6) is 0 Å². The Balaban J connectivity index is 1.81. The summed E-state index contributed by atoms with van der Waals surface area (Å²) >= 11 is 0. The molecule has 0 N–H and O–H groups in total. The third-order valence-electron chi connectivity index (χ3n) is 4.98. The van der Waals surface area contributed by atoms with Crippen LogP contribution in [0.3, 0.4) is 0 Å². The van der Waals surface area contributed by atoms with Gasteiger partial charge in [-0.3, -0.25) is 4.79 Å². The number of carbonyl (C=O) groups excluding carboxylic acids is 1. The number of piperidine rings is 1. The van der Waals surface area contributed by atoms with E-state index in [9.17, 15) is 4.79 Å². The summed E-state index contributed by atoms with van der Waals surface area (Å²) in [4.78, 5) is 15.2. The highest BCUT2D eigenvalue weighted by atomic mass is 16.1. The summed E-state index contributed by atoms with van der Waals surface area (Å²) in [6.07, 6.45) is 4.66. The third kappa shape index (κ3) is 2.34. The summed E-state index contributed by atoms with van der Waals surface area (Å²) in [5.41, 5.74) is 3.31. The topological polar surface area (TPSA) is 20.3 Å². The van der Waals surface area contributed by atoms with Crippen molar-refractivity contribution >= 4 is 5.78 Å². The Bertz CT molecular complexity index is 474. The molecule has 2 aliphatic heterocycles. The molecule has 2 bridgehead atoms. The monoisotopic (exact) mass is 257 g/mol. The van der Waals surface area contributed by atoms with E-state index in [0.29, 0.717) is 17.9 Å². The lowest BCUT2D eigenvalue weighted by atomic mass is 9.84. The number of carbonyl (C=O) groups is 1. The predicted molar refractivity (Wildman–Crippen MR) is 77.5 cm³/mol. The summed E-state index contributed by atoms with van der Waals surface area (Å²) in [7, 11) is 2.22. The van der Waals surface area contributed by atoms with Gasteiger partial charge in [-0.2, -0.15) is 0 Å². The standard InChI is InChI=1S/C17H23NO/c1-11-6-12(2)8-13(7-11)17(19)14-9-15-4-5-16(10-14)18(15)3/h6-8,14-16H,4-5,9-10H2,1-3H3. The molecular formula is C17H23NO. The van der Waals surface area contributed by atoms with E-state index < -0.39 is 0 Å². The van der Waals surface area contributed by atoms with Gasteiger partial charge >= 0.3 is 0 Å². The molecule has 0 saturated carbocycles. The van der Waals surface area contributed by atoms with Gasteiger partial charge in [0.1, 0.15) is 0 Å². The molecule has 0 spiro atoms. The Morgan fingerprint density at radius 3 is 2.11 bits per heavy atom. The van der Waals surface area contributed by atoms with Gasteiger partial charge in [-0.1, -0.05) is 17.2 Å². The van der Waals surface area contributed by atoms with Gasteiger partial charge in [-0.15, -0.1) is 0 Å². The minimum atomic E-state index is 0.245. The highest BCUT2D eigenvalue weighted by Gasteiger charge is 2.40. The van der Waals surface area contributed by atoms with Crippen molar-refractivity contribution in [1.29, 1.82) is 0 Å². The summed E-state index contributed by atoms with van der Waals surface area (Å²) in [6, 6.07) is 7.51. The molecule has 3 rings (SSSR count). The predicted octanol–water partition coefficient (Wildman–Crippen LogP) is 3.36. The van der Waals surface area contributed by atoms with Crippen molar-refractivity contribution in [3.05, 3.63) is 34.9 Å². The van der Waals surface area contributed by atoms with Crippen molar-refractivity contribution in [2.24, 2.45) is 5.92 Å². The maximum Gasteiger partial charge on any atom is 0.166 e. The molecular weight excluding hydrogens is 234 g/mol. The van der Waals surface area contributed by atoms with Crippen molar-refractivity contribution < 1.29 is 4.79 Å². The number of hydrogen-bond acceptors (Lipinski definition) is 2. The summed E-state index contributed by atoms with van der Waals surface area (Å²) in [5.74, 6) is 0.617. The van der Waals surface area contributed by atoms with Crippen LogP contribution in [-0.2, 0) is 0 Å². The van der Waals surface area contributed by atoms with Crippen LogP contribution >= 0.6 is 0 Å². The number of ketones is 1. The van der Waals surface area contributed by atoms with Gasteiger partial charge in [0.15, 0.2) is 5.78 Å². The van der Waals surface area contributed by atoms with Crippen LogP contribution in [0.25, 0.3) is 0 Å². The van der Waals surface area contributed by atoms with E-state index in [0.717, 1.165) is 18.4 Å². The number of rotatable bonds is 2. The average Bonchev–Trinajstić information content (AvgIpc) is 2.60. The average molecular weight is 257 g/mol. The molecule has 0 radical (unpaired) electrons. The Kier molecular flexibility index (Phi) is 3.22. The van der Waals surface area contributed by atoms with Crippen LogP contribution in [0.2, 0.25) is 0 Å². The zero-order valence-electron chi connectivity index (χ0n) is 12.1. The number of fused-ring (bicyclic) bond motifs is 2. The SMILES string of the molecule is Cc1cc(C)cc(C(=O)C2CC3CCC(C2)N3C)c1. The van der Waals surface area contributed by atoms with Crippen LogP contribution in [0.1, 0.15) is 47.2 Å². The van der Waals surface area contributed by atoms with E-state index in [4.69, 9.17) is 0 Å². The molecule has 0 aromatic heterocycles. The molecule has 2 atom stereocenters. The van der Waals surface area contributed by atoms with Gasteiger partial charge in [0.25, 0.3) is 0 Å². The molecule has 2 unspecified atom stereocenters. The van der Waals surface area contributed by atoms with Crippen LogP contribution in [0.15, 0.2) is 18.2 Å². The van der Waals surface area contributed by atoms with Gasteiger partial charge in [-0.25, -0.2) is 0 Å². The van der Waals surface area contributed by atoms with E-state index >= 15 is 0 Å². The lowest BCUT2D eigenvalue weighted by molar-refractivity contribution is 0.0767. The summed E-state index contributed by atoms with van der Waals surface area (Å²) < 4.78 is 0. The van der Waals surface area contributed by atoms with Crippen molar-refractivity contribution in [3.63, 3.8) is 0 Å². The second-order valence-electron chi connectivity index (χ2n) is 6.46. The largest absolute Gasteiger partial charge is 0.300 e. The Morgan fingerprint density at radius 1 is 1.05 bits per heavy atom. The van der Waals surface area contributed by atoms with Crippen molar-refractivity contribution in [1.82, 2.24) is 4.90 Å². The molecule has 102 valence electrons. The second kappa shape index (κ2) is 4.75. The lowest BCUT2D eigenvalue weighted by Gasteiger charge is -2.35. The molecule has 2 fully saturated rings. The molecule has 19 heavy (non-hydrogen) atoms. The fourth-order valence-corrected chi connectivity index (χ4v) is 3.98. The smallest absolute Gasteiger partial charge is 0.166 e. The van der Waals surface area contributed by atoms with Crippen LogP contribution in [0.4, 0.5) is 0 Å². The Hall–Kier alpha value is -1.15. The summed E-state index contributed by atoms with van der Waals surface area (Å²) in [5, 5.41) is 0. The second-order valence-corrected chi connectivity index (χ2v) is 6.46. The fraction of sp³-hybridized carbons (Fsp3) is 0.588. The number of nitrogens with zero attached hydrogens (tertiary/aromatic N) is 1. The number of aryl methyl sites for hydroxylation is 2. The number of hydrogen-bond donors (Lipinski definition) is 0. The highest BCUT2D eigenvalue weighted by molar-refractivity contribution is 5.98. The molecule has 1 aromatic carbocycles. The Labute approximate surface area is 115 Å². The number of benzene rings is 1. The van der Waals surface area contributed by atoms with Crippen molar-refractivity contribution in [3.8, 4) is 0 Å². The lowest BCUT2D eigenvalue weighted by Crippen LogP contribution is -2.42. The quantitative estimate of drug-likeness (QED) is 0.757. The van der Waals surface area contributed by atoms with Gasteiger partial charge in [0, 0.05) is 23.6 Å². The molecule has 0 aliphatic carbocycles. The molecule has 1 aromatic rings. The first kappa shape index (κ1) is 12.9. The van der Waals surface area contributed by atoms with Gasteiger partial charge in [0.2, 0.25) is 0 Å². The Morgan fingerprint density at radius 2 is 1.58 bits per heavy atom. The maximum absolute atomic E-state index is 12.7. The maximum atomic E-state index is 12.7. The molecule has 2 saturated heterocycles. The van der Waals surface area contributed by atoms with E-state index in [1.165, 1.54) is 24.0 Å². The van der Waals surface area contributed by atoms with Gasteiger partial charge < -0.3 is 4.90 Å². The van der Waals surface area contributed by atoms with Gasteiger partial charge in [-0.05, 0) is 58.7 Å². The van der Waals surface area contributed by atoms with Crippen LogP contribution < -0.4 is 0 Å². The van der Waals surface area contributed by atoms with E-state index in [1.54, 1.807) is 0 Å². The minimum absolute atomic E-state index is 0.245. The zero-order chi connectivity index (χ0) is 13.6.